The van der Waals surface area contributed by atoms with Gasteiger partial charge in [-0.25, -0.2) is 4.98 Å². The van der Waals surface area contributed by atoms with Crippen LogP contribution in [0.25, 0.3) is 0 Å². The molecule has 1 aromatic carbocycles. The van der Waals surface area contributed by atoms with E-state index in [0.717, 1.165) is 29.7 Å². The topological polar surface area (TPSA) is 58.1 Å². The summed E-state index contributed by atoms with van der Waals surface area (Å²) < 4.78 is 4.31. The molecule has 1 aromatic heterocycles. The van der Waals surface area contributed by atoms with Crippen LogP contribution < -0.4 is 5.32 Å². The molecule has 0 aliphatic carbocycles. The lowest BCUT2D eigenvalue weighted by molar-refractivity contribution is 0.0773. The van der Waals surface area contributed by atoms with Crippen LogP contribution in [0.2, 0.25) is 0 Å². The molecule has 1 N–H and O–H groups in total. The maximum Gasteiger partial charge on any atom is 0.253 e. The number of hydrogen-bond acceptors (Lipinski definition) is 5. The minimum Gasteiger partial charge on any atom is -0.339 e. The van der Waals surface area contributed by atoms with Gasteiger partial charge in [0.2, 0.25) is 5.13 Å². The summed E-state index contributed by atoms with van der Waals surface area (Å²) in [7, 11) is 0. The SMILES string of the molecule is CCN(CC)C(=O)c1ccc(Nc2nc(C(C)C)ns2)cc1. The largest absolute Gasteiger partial charge is 0.339 e. The first-order valence-electron chi connectivity index (χ1n) is 7.55. The van der Waals surface area contributed by atoms with E-state index in [1.807, 2.05) is 43.0 Å². The van der Waals surface area contributed by atoms with Crippen molar-refractivity contribution >= 4 is 28.3 Å². The van der Waals surface area contributed by atoms with Crippen molar-refractivity contribution in [1.29, 1.82) is 0 Å². The van der Waals surface area contributed by atoms with Gasteiger partial charge in [0.15, 0.2) is 0 Å². The van der Waals surface area contributed by atoms with Crippen LogP contribution in [-0.2, 0) is 0 Å². The van der Waals surface area contributed by atoms with Crippen molar-refractivity contribution in [2.24, 2.45) is 0 Å². The van der Waals surface area contributed by atoms with Crippen LogP contribution in [0, 0.1) is 0 Å². The molecule has 22 heavy (non-hydrogen) atoms. The predicted molar refractivity (Wildman–Crippen MR) is 91.0 cm³/mol. The average Bonchev–Trinajstić information content (AvgIpc) is 2.98. The zero-order chi connectivity index (χ0) is 16.1. The number of nitrogens with zero attached hydrogens (tertiary/aromatic N) is 3. The van der Waals surface area contributed by atoms with Gasteiger partial charge < -0.3 is 10.2 Å². The van der Waals surface area contributed by atoms with E-state index >= 15 is 0 Å². The predicted octanol–water partition coefficient (Wildman–Crippen LogP) is 3.89. The molecule has 0 atom stereocenters. The Labute approximate surface area is 135 Å². The summed E-state index contributed by atoms with van der Waals surface area (Å²) >= 11 is 1.35. The number of anilines is 2. The summed E-state index contributed by atoms with van der Waals surface area (Å²) in [4.78, 5) is 18.5. The molecule has 2 aromatic rings. The maximum absolute atomic E-state index is 12.2. The first-order valence-corrected chi connectivity index (χ1v) is 8.32. The van der Waals surface area contributed by atoms with Crippen molar-refractivity contribution in [3.63, 3.8) is 0 Å². The van der Waals surface area contributed by atoms with Crippen molar-refractivity contribution < 1.29 is 4.79 Å². The van der Waals surface area contributed by atoms with Crippen LogP contribution >= 0.6 is 11.5 Å². The number of carbonyl (C=O) groups is 1. The van der Waals surface area contributed by atoms with Gasteiger partial charge in [-0.3, -0.25) is 4.79 Å². The third-order valence-electron chi connectivity index (χ3n) is 3.39. The van der Waals surface area contributed by atoms with Crippen molar-refractivity contribution in [1.82, 2.24) is 14.3 Å². The van der Waals surface area contributed by atoms with Gasteiger partial charge in [0.05, 0.1) is 0 Å². The first kappa shape index (κ1) is 16.4. The van der Waals surface area contributed by atoms with Crippen LogP contribution in [0.3, 0.4) is 0 Å². The summed E-state index contributed by atoms with van der Waals surface area (Å²) in [6.07, 6.45) is 0. The molecule has 0 bridgehead atoms. The summed E-state index contributed by atoms with van der Waals surface area (Å²) in [5, 5.41) is 3.99. The highest BCUT2D eigenvalue weighted by atomic mass is 32.1. The van der Waals surface area contributed by atoms with Gasteiger partial charge in [-0.1, -0.05) is 13.8 Å². The summed E-state index contributed by atoms with van der Waals surface area (Å²) in [5.74, 6) is 1.23. The highest BCUT2D eigenvalue weighted by Gasteiger charge is 2.12. The second kappa shape index (κ2) is 7.35. The monoisotopic (exact) mass is 318 g/mol. The molecule has 5 nitrogen and oxygen atoms in total. The number of carbonyl (C=O) groups excluding carboxylic acids is 1. The number of nitrogens with one attached hydrogen (secondary N) is 1. The maximum atomic E-state index is 12.2. The second-order valence-corrected chi connectivity index (χ2v) is 6.04. The molecule has 2 rings (SSSR count). The van der Waals surface area contributed by atoms with Gasteiger partial charge in [0, 0.05) is 41.8 Å². The van der Waals surface area contributed by atoms with Crippen LogP contribution in [0.5, 0.6) is 0 Å². The van der Waals surface area contributed by atoms with E-state index in [4.69, 9.17) is 0 Å². The minimum absolute atomic E-state index is 0.0644. The molecule has 0 unspecified atom stereocenters. The van der Waals surface area contributed by atoms with E-state index in [-0.39, 0.29) is 5.91 Å². The number of benzene rings is 1. The molecule has 0 radical (unpaired) electrons. The molecule has 1 amide bonds. The molecule has 0 fully saturated rings. The zero-order valence-corrected chi connectivity index (χ0v) is 14.3. The third-order valence-corrected chi connectivity index (χ3v) is 4.04. The second-order valence-electron chi connectivity index (χ2n) is 5.29. The molecule has 0 spiro atoms. The lowest BCUT2D eigenvalue weighted by atomic mass is 10.2. The van der Waals surface area contributed by atoms with Gasteiger partial charge >= 0.3 is 0 Å². The molecule has 118 valence electrons. The highest BCUT2D eigenvalue weighted by molar-refractivity contribution is 7.09. The van der Waals surface area contributed by atoms with E-state index in [9.17, 15) is 4.79 Å². The Morgan fingerprint density at radius 1 is 1.23 bits per heavy atom. The van der Waals surface area contributed by atoms with Crippen molar-refractivity contribution in [2.75, 3.05) is 18.4 Å². The molecule has 6 heteroatoms. The molecule has 1 heterocycles. The van der Waals surface area contributed by atoms with Crippen molar-refractivity contribution in [3.8, 4) is 0 Å². The Morgan fingerprint density at radius 3 is 2.36 bits per heavy atom. The standard InChI is InChI=1S/C16H22N4OS/c1-5-20(6-2)15(21)12-7-9-13(10-8-12)17-16-18-14(11(3)4)19-22-16/h7-11H,5-6H2,1-4H3,(H,17,18,19). The van der Waals surface area contributed by atoms with Crippen molar-refractivity contribution in [3.05, 3.63) is 35.7 Å². The van der Waals surface area contributed by atoms with E-state index in [1.165, 1.54) is 11.5 Å². The van der Waals surface area contributed by atoms with Crippen molar-refractivity contribution in [2.45, 2.75) is 33.6 Å². The van der Waals surface area contributed by atoms with Crippen LogP contribution in [-0.4, -0.2) is 33.3 Å². The van der Waals surface area contributed by atoms with Gasteiger partial charge in [0.1, 0.15) is 5.82 Å². The zero-order valence-electron chi connectivity index (χ0n) is 13.5. The van der Waals surface area contributed by atoms with Gasteiger partial charge in [-0.05, 0) is 38.1 Å². The van der Waals surface area contributed by atoms with Crippen LogP contribution in [0.1, 0.15) is 49.8 Å². The Kier molecular flexibility index (Phi) is 5.49. The summed E-state index contributed by atoms with van der Waals surface area (Å²) in [5.41, 5.74) is 1.61. The number of rotatable bonds is 6. The third kappa shape index (κ3) is 3.82. The fraction of sp³-hybridized carbons (Fsp3) is 0.438. The van der Waals surface area contributed by atoms with E-state index in [1.54, 1.807) is 0 Å². The Bertz CT molecular complexity index is 617. The quantitative estimate of drug-likeness (QED) is 0.878. The molecular formula is C16H22N4OS. The molecule has 0 aliphatic heterocycles. The first-order chi connectivity index (χ1) is 10.5. The minimum atomic E-state index is 0.0644. The van der Waals surface area contributed by atoms with Crippen LogP contribution in [0.15, 0.2) is 24.3 Å². The molecule has 0 aliphatic rings. The average molecular weight is 318 g/mol. The highest BCUT2D eigenvalue weighted by Crippen LogP contribution is 2.22. The van der Waals surface area contributed by atoms with E-state index < -0.39 is 0 Å². The van der Waals surface area contributed by atoms with E-state index in [2.05, 4.69) is 28.5 Å². The normalized spacial score (nSPS) is 10.8. The number of amides is 1. The number of aromatic nitrogens is 2. The number of hydrogen-bond donors (Lipinski definition) is 1. The molecule has 0 saturated carbocycles. The summed E-state index contributed by atoms with van der Waals surface area (Å²) in [6.45, 7) is 9.55. The Morgan fingerprint density at radius 2 is 1.86 bits per heavy atom. The Balaban J connectivity index is 2.06. The van der Waals surface area contributed by atoms with Crippen LogP contribution in [0.4, 0.5) is 10.8 Å². The molecular weight excluding hydrogens is 296 g/mol. The smallest absolute Gasteiger partial charge is 0.253 e. The van der Waals surface area contributed by atoms with Gasteiger partial charge in [0.25, 0.3) is 5.91 Å². The fourth-order valence-corrected chi connectivity index (χ4v) is 2.76. The van der Waals surface area contributed by atoms with Gasteiger partial charge in [-0.2, -0.15) is 4.37 Å². The van der Waals surface area contributed by atoms with Gasteiger partial charge in [-0.15, -0.1) is 0 Å². The van der Waals surface area contributed by atoms with E-state index in [0.29, 0.717) is 11.5 Å². The lowest BCUT2D eigenvalue weighted by Crippen LogP contribution is -2.30. The lowest BCUT2D eigenvalue weighted by Gasteiger charge is -2.18. The summed E-state index contributed by atoms with van der Waals surface area (Å²) in [6, 6.07) is 7.47. The molecule has 0 saturated heterocycles. The Hall–Kier alpha value is -1.95. The fourth-order valence-electron chi connectivity index (χ4n) is 2.03.